The standard InChI is InChI=1S/C28H36ClN3O4S/c1-19(2)31(3)23-12-13-26(21(17-23)18-37(35,36)24-10-5-4-6-11-24)32-15-14-25(28(32)34)30-27(33)20-8-7-9-22(29)16-20/h4-11,16,19,21,23,25-26H,12-15,17-18H2,1-3H3,(H,30,33)/t21-,23+,25-,26-/m0/s1. The van der Waals surface area contributed by atoms with E-state index in [0.717, 1.165) is 12.8 Å². The van der Waals surface area contributed by atoms with Crippen LogP contribution in [0.25, 0.3) is 0 Å². The molecule has 1 saturated carbocycles. The van der Waals surface area contributed by atoms with E-state index in [0.29, 0.717) is 40.9 Å². The molecule has 2 aromatic carbocycles. The molecule has 9 heteroatoms. The van der Waals surface area contributed by atoms with Crippen LogP contribution in [0.5, 0.6) is 0 Å². The molecule has 0 spiro atoms. The number of hydrogen-bond acceptors (Lipinski definition) is 5. The Hall–Kier alpha value is -2.42. The highest BCUT2D eigenvalue weighted by molar-refractivity contribution is 7.91. The Kier molecular flexibility index (Phi) is 8.61. The molecule has 0 unspecified atom stereocenters. The number of amides is 2. The van der Waals surface area contributed by atoms with Crippen molar-refractivity contribution in [2.24, 2.45) is 5.92 Å². The maximum Gasteiger partial charge on any atom is 0.251 e. The quantitative estimate of drug-likeness (QED) is 0.541. The monoisotopic (exact) mass is 545 g/mol. The molecule has 0 bridgehead atoms. The fourth-order valence-corrected chi connectivity index (χ4v) is 7.52. The Morgan fingerprint density at radius 3 is 2.51 bits per heavy atom. The molecule has 1 aliphatic heterocycles. The number of benzene rings is 2. The van der Waals surface area contributed by atoms with Crippen molar-refractivity contribution < 1.29 is 18.0 Å². The van der Waals surface area contributed by atoms with E-state index in [1.807, 2.05) is 4.90 Å². The number of carbonyl (C=O) groups excluding carboxylic acids is 2. The van der Waals surface area contributed by atoms with Crippen LogP contribution in [0.1, 0.15) is 49.9 Å². The lowest BCUT2D eigenvalue weighted by Crippen LogP contribution is -2.53. The number of nitrogens with one attached hydrogen (secondary N) is 1. The summed E-state index contributed by atoms with van der Waals surface area (Å²) < 4.78 is 26.7. The number of rotatable bonds is 8. The summed E-state index contributed by atoms with van der Waals surface area (Å²) in [5.74, 6) is -0.684. The van der Waals surface area contributed by atoms with Gasteiger partial charge in [0.15, 0.2) is 9.84 Å². The van der Waals surface area contributed by atoms with E-state index >= 15 is 0 Å². The largest absolute Gasteiger partial charge is 0.340 e. The molecule has 2 aromatic rings. The fourth-order valence-electron chi connectivity index (χ4n) is 5.65. The highest BCUT2D eigenvalue weighted by Gasteiger charge is 2.44. The summed E-state index contributed by atoms with van der Waals surface area (Å²) in [6.07, 6.45) is 2.83. The maximum absolute atomic E-state index is 13.5. The van der Waals surface area contributed by atoms with Crippen molar-refractivity contribution >= 4 is 33.3 Å². The van der Waals surface area contributed by atoms with Gasteiger partial charge in [-0.2, -0.15) is 0 Å². The lowest BCUT2D eigenvalue weighted by molar-refractivity contribution is -0.133. The molecule has 1 saturated heterocycles. The van der Waals surface area contributed by atoms with Crippen LogP contribution < -0.4 is 5.32 Å². The lowest BCUT2D eigenvalue weighted by atomic mass is 9.81. The first-order chi connectivity index (χ1) is 17.6. The van der Waals surface area contributed by atoms with Gasteiger partial charge in [0, 0.05) is 35.3 Å². The molecule has 1 aliphatic carbocycles. The van der Waals surface area contributed by atoms with Crippen molar-refractivity contribution in [1.82, 2.24) is 15.1 Å². The fraction of sp³-hybridized carbons (Fsp3) is 0.500. The predicted octanol–water partition coefficient (Wildman–Crippen LogP) is 4.02. The lowest BCUT2D eigenvalue weighted by Gasteiger charge is -2.44. The van der Waals surface area contributed by atoms with Gasteiger partial charge in [0.1, 0.15) is 6.04 Å². The third-order valence-electron chi connectivity index (χ3n) is 7.87. The SMILES string of the molecule is CC(C)N(C)[C@@H]1CC[C@H](N2CC[C@H](NC(=O)c3cccc(Cl)c3)C2=O)[C@H](CS(=O)(=O)c2ccccc2)C1. The minimum Gasteiger partial charge on any atom is -0.340 e. The van der Waals surface area contributed by atoms with Crippen molar-refractivity contribution in [2.75, 3.05) is 19.3 Å². The zero-order valence-corrected chi connectivity index (χ0v) is 23.2. The molecule has 2 aliphatic rings. The predicted molar refractivity (Wildman–Crippen MR) is 145 cm³/mol. The van der Waals surface area contributed by atoms with Crippen molar-refractivity contribution in [3.8, 4) is 0 Å². The molecule has 2 fully saturated rings. The first-order valence-electron chi connectivity index (χ1n) is 12.9. The van der Waals surface area contributed by atoms with Crippen molar-refractivity contribution in [2.45, 2.75) is 68.6 Å². The summed E-state index contributed by atoms with van der Waals surface area (Å²) in [6, 6.07) is 14.9. The van der Waals surface area contributed by atoms with Crippen LogP contribution in [-0.2, 0) is 14.6 Å². The number of carbonyl (C=O) groups is 2. The third-order valence-corrected chi connectivity index (χ3v) is 9.97. The van der Waals surface area contributed by atoms with E-state index in [1.54, 1.807) is 54.6 Å². The van der Waals surface area contributed by atoms with Gasteiger partial charge in [-0.15, -0.1) is 0 Å². The van der Waals surface area contributed by atoms with Crippen molar-refractivity contribution in [3.05, 3.63) is 65.2 Å². The second-order valence-corrected chi connectivity index (χ2v) is 13.0. The van der Waals surface area contributed by atoms with Gasteiger partial charge >= 0.3 is 0 Å². The van der Waals surface area contributed by atoms with Gasteiger partial charge in [0.25, 0.3) is 5.91 Å². The summed E-state index contributed by atoms with van der Waals surface area (Å²) in [7, 11) is -1.44. The topological polar surface area (TPSA) is 86.8 Å². The summed E-state index contributed by atoms with van der Waals surface area (Å²) >= 11 is 6.02. The molecule has 2 amide bonds. The maximum atomic E-state index is 13.5. The van der Waals surface area contributed by atoms with E-state index in [1.165, 1.54) is 0 Å². The highest BCUT2D eigenvalue weighted by atomic mass is 35.5. The molecule has 37 heavy (non-hydrogen) atoms. The number of sulfone groups is 1. The summed E-state index contributed by atoms with van der Waals surface area (Å²) in [6.45, 7) is 4.77. The number of halogens is 1. The average Bonchev–Trinajstić information content (AvgIpc) is 3.23. The molecule has 4 rings (SSSR count). The molecule has 1 heterocycles. The van der Waals surface area contributed by atoms with E-state index in [4.69, 9.17) is 11.6 Å². The summed E-state index contributed by atoms with van der Waals surface area (Å²) in [4.78, 5) is 30.7. The van der Waals surface area contributed by atoms with Crippen LogP contribution in [0.3, 0.4) is 0 Å². The van der Waals surface area contributed by atoms with Crippen LogP contribution in [0.2, 0.25) is 5.02 Å². The van der Waals surface area contributed by atoms with E-state index in [9.17, 15) is 18.0 Å². The molecule has 1 N–H and O–H groups in total. The van der Waals surface area contributed by atoms with E-state index in [2.05, 4.69) is 31.1 Å². The van der Waals surface area contributed by atoms with Gasteiger partial charge in [0.2, 0.25) is 5.91 Å². The minimum absolute atomic E-state index is 0.00651. The number of likely N-dealkylation sites (tertiary alicyclic amines) is 1. The van der Waals surface area contributed by atoms with Crippen molar-refractivity contribution in [1.29, 1.82) is 0 Å². The Morgan fingerprint density at radius 1 is 1.11 bits per heavy atom. The molecular formula is C28H36ClN3O4S. The van der Waals surface area contributed by atoms with Crippen molar-refractivity contribution in [3.63, 3.8) is 0 Å². The molecule has 7 nitrogen and oxygen atoms in total. The normalized spacial score (nSPS) is 24.6. The molecular weight excluding hydrogens is 510 g/mol. The van der Waals surface area contributed by atoms with E-state index in [-0.39, 0.29) is 35.6 Å². The second kappa shape index (κ2) is 11.5. The Balaban J connectivity index is 1.52. The van der Waals surface area contributed by atoms with Crippen LogP contribution in [0.15, 0.2) is 59.5 Å². The van der Waals surface area contributed by atoms with Gasteiger partial charge in [0.05, 0.1) is 10.6 Å². The smallest absolute Gasteiger partial charge is 0.251 e. The van der Waals surface area contributed by atoms with Crippen LogP contribution in [0, 0.1) is 5.92 Å². The Morgan fingerprint density at radius 2 is 1.84 bits per heavy atom. The highest BCUT2D eigenvalue weighted by Crippen LogP contribution is 2.35. The zero-order chi connectivity index (χ0) is 26.7. The van der Waals surface area contributed by atoms with Crippen LogP contribution in [-0.4, -0.2) is 73.5 Å². The second-order valence-electron chi connectivity index (χ2n) is 10.5. The van der Waals surface area contributed by atoms with Gasteiger partial charge in [-0.25, -0.2) is 8.42 Å². The van der Waals surface area contributed by atoms with Gasteiger partial charge in [-0.05, 0) is 82.8 Å². The first-order valence-corrected chi connectivity index (χ1v) is 15.0. The van der Waals surface area contributed by atoms with E-state index < -0.39 is 15.9 Å². The van der Waals surface area contributed by atoms with Crippen LogP contribution in [0.4, 0.5) is 0 Å². The Labute approximate surface area is 225 Å². The Bertz CT molecular complexity index is 1220. The van der Waals surface area contributed by atoms with Gasteiger partial charge in [-0.1, -0.05) is 35.9 Å². The average molecular weight is 546 g/mol. The number of nitrogens with zero attached hydrogens (tertiary/aromatic N) is 2. The zero-order valence-electron chi connectivity index (χ0n) is 21.6. The molecule has 4 atom stereocenters. The van der Waals surface area contributed by atoms with Gasteiger partial charge in [-0.3, -0.25) is 9.59 Å². The third kappa shape index (κ3) is 6.36. The molecule has 200 valence electrons. The molecule has 0 radical (unpaired) electrons. The van der Waals surface area contributed by atoms with Crippen LogP contribution >= 0.6 is 11.6 Å². The summed E-state index contributed by atoms with van der Waals surface area (Å²) in [5, 5.41) is 3.31. The summed E-state index contributed by atoms with van der Waals surface area (Å²) in [5.41, 5.74) is 0.405. The van der Waals surface area contributed by atoms with Gasteiger partial charge < -0.3 is 15.1 Å². The molecule has 0 aromatic heterocycles. The number of hydrogen-bond donors (Lipinski definition) is 1. The minimum atomic E-state index is -3.52. The first kappa shape index (κ1) is 27.6.